The summed E-state index contributed by atoms with van der Waals surface area (Å²) in [5.41, 5.74) is 0. The maximum Gasteiger partial charge on any atom is 0.411 e. The van der Waals surface area contributed by atoms with Crippen molar-refractivity contribution in [3.63, 3.8) is 0 Å². The zero-order valence-corrected chi connectivity index (χ0v) is 6.38. The van der Waals surface area contributed by atoms with Crippen LogP contribution in [0.2, 0.25) is 0 Å². The van der Waals surface area contributed by atoms with Crippen molar-refractivity contribution in [3.05, 3.63) is 0 Å². The maximum absolute atomic E-state index is 11.0. The fraction of sp³-hybridized carbons (Fsp3) is 0.857. The zero-order chi connectivity index (χ0) is 7.68. The number of carbonyl (C=O) groups excluding carboxylic acids is 1. The van der Waals surface area contributed by atoms with Gasteiger partial charge in [0.2, 0.25) is 0 Å². The van der Waals surface area contributed by atoms with E-state index in [2.05, 4.69) is 5.32 Å². The van der Waals surface area contributed by atoms with Gasteiger partial charge in [-0.05, 0) is 19.4 Å². The second kappa shape index (κ2) is 2.70. The van der Waals surface area contributed by atoms with Crippen LogP contribution in [0, 0.1) is 0 Å². The molecule has 2 heterocycles. The minimum atomic E-state index is -0.163. The number of nitrogens with zero attached hydrogens (tertiary/aromatic N) is 1. The van der Waals surface area contributed by atoms with Crippen LogP contribution in [0.5, 0.6) is 0 Å². The third-order valence-electron chi connectivity index (χ3n) is 2.18. The summed E-state index contributed by atoms with van der Waals surface area (Å²) in [6.07, 6.45) is 2.22. The molecule has 11 heavy (non-hydrogen) atoms. The van der Waals surface area contributed by atoms with E-state index in [0.717, 1.165) is 25.9 Å². The summed E-state index contributed by atoms with van der Waals surface area (Å²) in [4.78, 5) is 12.8. The molecule has 2 aliphatic rings. The van der Waals surface area contributed by atoms with E-state index < -0.39 is 0 Å². The molecular formula is C7H12N2O2. The number of fused-ring (bicyclic) bond motifs is 1. The van der Waals surface area contributed by atoms with E-state index in [4.69, 9.17) is 4.74 Å². The largest absolute Gasteiger partial charge is 0.446 e. The summed E-state index contributed by atoms with van der Waals surface area (Å²) in [5, 5.41) is 3.25. The molecule has 2 saturated heterocycles. The predicted molar refractivity (Wildman–Crippen MR) is 39.1 cm³/mol. The van der Waals surface area contributed by atoms with E-state index in [1.807, 2.05) is 0 Å². The molecule has 4 nitrogen and oxygen atoms in total. The van der Waals surface area contributed by atoms with Crippen molar-refractivity contribution in [1.29, 1.82) is 0 Å². The van der Waals surface area contributed by atoms with Gasteiger partial charge in [0, 0.05) is 6.54 Å². The predicted octanol–water partition coefficient (Wildman–Crippen LogP) is 0.148. The highest BCUT2D eigenvalue weighted by Gasteiger charge is 2.32. The van der Waals surface area contributed by atoms with E-state index in [0.29, 0.717) is 6.61 Å². The molecule has 0 radical (unpaired) electrons. The van der Waals surface area contributed by atoms with Crippen molar-refractivity contribution >= 4 is 6.09 Å². The van der Waals surface area contributed by atoms with Gasteiger partial charge in [0.25, 0.3) is 0 Å². The average molecular weight is 156 g/mol. The Labute approximate surface area is 65.5 Å². The molecule has 0 aromatic carbocycles. The molecule has 4 heteroatoms. The van der Waals surface area contributed by atoms with Crippen molar-refractivity contribution in [2.45, 2.75) is 19.0 Å². The first-order valence-corrected chi connectivity index (χ1v) is 4.05. The second-order valence-electron chi connectivity index (χ2n) is 2.95. The first-order chi connectivity index (χ1) is 5.38. The van der Waals surface area contributed by atoms with Gasteiger partial charge in [-0.25, -0.2) is 4.79 Å². The normalized spacial score (nSPS) is 31.1. The highest BCUT2D eigenvalue weighted by Crippen LogP contribution is 2.13. The zero-order valence-electron chi connectivity index (χ0n) is 6.38. The summed E-state index contributed by atoms with van der Waals surface area (Å²) in [6, 6.07) is 0. The van der Waals surface area contributed by atoms with Gasteiger partial charge in [-0.15, -0.1) is 0 Å². The van der Waals surface area contributed by atoms with Gasteiger partial charge < -0.3 is 4.74 Å². The smallest absolute Gasteiger partial charge is 0.411 e. The molecule has 1 amide bonds. The standard InChI is InChI=1S/C7H12N2O2/c10-7-9-4-2-1-3-8-6(9)5-11-7/h6,8H,1-5H2/t6-/m1/s1. The van der Waals surface area contributed by atoms with Gasteiger partial charge in [0.15, 0.2) is 0 Å². The lowest BCUT2D eigenvalue weighted by molar-refractivity contribution is 0.157. The number of ether oxygens (including phenoxy) is 1. The van der Waals surface area contributed by atoms with Crippen LogP contribution >= 0.6 is 0 Å². The Morgan fingerprint density at radius 1 is 1.55 bits per heavy atom. The van der Waals surface area contributed by atoms with Gasteiger partial charge in [0.1, 0.15) is 12.8 Å². The van der Waals surface area contributed by atoms with Gasteiger partial charge in [-0.1, -0.05) is 0 Å². The highest BCUT2D eigenvalue weighted by molar-refractivity contribution is 5.69. The van der Waals surface area contributed by atoms with Gasteiger partial charge >= 0.3 is 6.09 Å². The van der Waals surface area contributed by atoms with E-state index in [1.165, 1.54) is 0 Å². The van der Waals surface area contributed by atoms with Crippen LogP contribution in [-0.4, -0.2) is 36.9 Å². The Morgan fingerprint density at radius 2 is 2.45 bits per heavy atom. The first kappa shape index (κ1) is 6.91. The molecule has 62 valence electrons. The molecule has 0 aromatic heterocycles. The number of hydrogen-bond acceptors (Lipinski definition) is 3. The number of amides is 1. The molecule has 1 N–H and O–H groups in total. The van der Waals surface area contributed by atoms with E-state index >= 15 is 0 Å². The summed E-state index contributed by atoms with van der Waals surface area (Å²) >= 11 is 0. The van der Waals surface area contributed by atoms with Crippen LogP contribution < -0.4 is 5.32 Å². The Morgan fingerprint density at radius 3 is 3.36 bits per heavy atom. The Bertz CT molecular complexity index is 172. The number of hydrogen-bond donors (Lipinski definition) is 1. The topological polar surface area (TPSA) is 41.6 Å². The molecule has 2 aliphatic heterocycles. The maximum atomic E-state index is 11.0. The van der Waals surface area contributed by atoms with Crippen LogP contribution in [-0.2, 0) is 4.74 Å². The summed E-state index contributed by atoms with van der Waals surface area (Å²) < 4.78 is 4.88. The lowest BCUT2D eigenvalue weighted by Gasteiger charge is -2.17. The second-order valence-corrected chi connectivity index (χ2v) is 2.95. The summed E-state index contributed by atoms with van der Waals surface area (Å²) in [6.45, 7) is 2.35. The fourth-order valence-electron chi connectivity index (χ4n) is 1.54. The number of nitrogens with one attached hydrogen (secondary N) is 1. The molecule has 0 spiro atoms. The molecule has 1 atom stereocenters. The quantitative estimate of drug-likeness (QED) is 0.542. The molecule has 0 bridgehead atoms. The number of carbonyl (C=O) groups is 1. The fourth-order valence-corrected chi connectivity index (χ4v) is 1.54. The van der Waals surface area contributed by atoms with Crippen molar-refractivity contribution in [2.75, 3.05) is 19.7 Å². The lowest BCUT2D eigenvalue weighted by Crippen LogP contribution is -2.42. The number of rotatable bonds is 0. The van der Waals surface area contributed by atoms with Crippen molar-refractivity contribution in [2.24, 2.45) is 0 Å². The van der Waals surface area contributed by atoms with Crippen LogP contribution in [0.25, 0.3) is 0 Å². The van der Waals surface area contributed by atoms with Gasteiger partial charge in [-0.2, -0.15) is 0 Å². The van der Waals surface area contributed by atoms with Crippen molar-refractivity contribution < 1.29 is 9.53 Å². The molecule has 0 unspecified atom stereocenters. The van der Waals surface area contributed by atoms with E-state index in [-0.39, 0.29) is 12.3 Å². The van der Waals surface area contributed by atoms with Gasteiger partial charge in [0.05, 0.1) is 0 Å². The van der Waals surface area contributed by atoms with E-state index in [9.17, 15) is 4.79 Å². The molecule has 0 aliphatic carbocycles. The number of cyclic esters (lactones) is 1. The lowest BCUT2D eigenvalue weighted by atomic mass is 10.3. The molecule has 0 aromatic rings. The summed E-state index contributed by atoms with van der Waals surface area (Å²) in [7, 11) is 0. The Hall–Kier alpha value is -0.770. The molecule has 0 saturated carbocycles. The van der Waals surface area contributed by atoms with Gasteiger partial charge in [-0.3, -0.25) is 10.2 Å². The monoisotopic (exact) mass is 156 g/mol. The molecule has 2 fully saturated rings. The van der Waals surface area contributed by atoms with Crippen molar-refractivity contribution in [3.8, 4) is 0 Å². The van der Waals surface area contributed by atoms with Crippen LogP contribution in [0.15, 0.2) is 0 Å². The highest BCUT2D eigenvalue weighted by atomic mass is 16.6. The SMILES string of the molecule is O=C1OC[C@@H]2NCCCCN12. The molecular weight excluding hydrogens is 144 g/mol. The van der Waals surface area contributed by atoms with Crippen LogP contribution in [0.4, 0.5) is 4.79 Å². The molecule has 2 rings (SSSR count). The minimum Gasteiger partial charge on any atom is -0.446 e. The minimum absolute atomic E-state index is 0.144. The first-order valence-electron chi connectivity index (χ1n) is 4.05. The third kappa shape index (κ3) is 1.18. The Kier molecular flexibility index (Phi) is 1.69. The van der Waals surface area contributed by atoms with E-state index in [1.54, 1.807) is 4.90 Å². The van der Waals surface area contributed by atoms with Crippen LogP contribution in [0.1, 0.15) is 12.8 Å². The average Bonchev–Trinajstić information content (AvgIpc) is 2.25. The van der Waals surface area contributed by atoms with Crippen molar-refractivity contribution in [1.82, 2.24) is 10.2 Å². The van der Waals surface area contributed by atoms with Crippen LogP contribution in [0.3, 0.4) is 0 Å². The Balaban J connectivity index is 2.06. The third-order valence-corrected chi connectivity index (χ3v) is 2.18. The summed E-state index contributed by atoms with van der Waals surface area (Å²) in [5.74, 6) is 0.